The molecule has 0 saturated heterocycles. The second-order valence-electron chi connectivity index (χ2n) is 3.32. The van der Waals surface area contributed by atoms with E-state index in [0.717, 1.165) is 13.0 Å². The fourth-order valence-electron chi connectivity index (χ4n) is 1.41. The number of phenols is 2. The number of aromatic hydroxyl groups is 2. The minimum absolute atomic E-state index is 0.118. The molecule has 0 aliphatic carbocycles. The van der Waals surface area contributed by atoms with E-state index in [1.165, 1.54) is 6.92 Å². The Balaban J connectivity index is 3.68. The van der Waals surface area contributed by atoms with Gasteiger partial charge in [0.2, 0.25) is 0 Å². The topological polar surface area (TPSA) is 91.7 Å². The molecule has 0 aliphatic rings. The van der Waals surface area contributed by atoms with Gasteiger partial charge in [0, 0.05) is 5.56 Å². The van der Waals surface area contributed by atoms with Gasteiger partial charge in [0.05, 0.1) is 11.1 Å². The Labute approximate surface area is 91.3 Å². The summed E-state index contributed by atoms with van der Waals surface area (Å²) in [6.07, 6.45) is 0.350. The number of phenolic OH excluding ortho intramolecular Hbond substituents is 2. The number of hydrogen-bond donors (Lipinski definition) is 2. The van der Waals surface area contributed by atoms with Crippen molar-refractivity contribution in [3.8, 4) is 11.5 Å². The van der Waals surface area contributed by atoms with Crippen LogP contribution >= 0.6 is 0 Å². The Morgan fingerprint density at radius 2 is 1.69 bits per heavy atom. The molecule has 2 N–H and O–H groups in total. The Kier molecular flexibility index (Phi) is 3.08. The summed E-state index contributed by atoms with van der Waals surface area (Å²) in [6.45, 7) is 2.32. The molecular weight excluding hydrogens is 212 g/mol. The van der Waals surface area contributed by atoms with E-state index in [0.29, 0.717) is 6.29 Å². The van der Waals surface area contributed by atoms with E-state index in [1.807, 2.05) is 0 Å². The summed E-state index contributed by atoms with van der Waals surface area (Å²) >= 11 is 0. The first-order chi connectivity index (χ1) is 7.40. The summed E-state index contributed by atoms with van der Waals surface area (Å²) < 4.78 is 0. The van der Waals surface area contributed by atoms with Crippen LogP contribution in [0.4, 0.5) is 0 Å². The van der Waals surface area contributed by atoms with Crippen molar-refractivity contribution >= 4 is 17.9 Å². The first-order valence-corrected chi connectivity index (χ1v) is 4.46. The lowest BCUT2D eigenvalue weighted by Crippen LogP contribution is -2.04. The summed E-state index contributed by atoms with van der Waals surface area (Å²) in [5.74, 6) is -2.48. The summed E-state index contributed by atoms with van der Waals surface area (Å²) in [5, 5.41) is 19.0. The molecule has 1 aromatic carbocycles. The van der Waals surface area contributed by atoms with Gasteiger partial charge in [-0.2, -0.15) is 0 Å². The highest BCUT2D eigenvalue weighted by molar-refractivity contribution is 6.08. The van der Waals surface area contributed by atoms with Crippen molar-refractivity contribution in [2.24, 2.45) is 0 Å². The lowest BCUT2D eigenvalue weighted by Gasteiger charge is -2.09. The summed E-state index contributed by atoms with van der Waals surface area (Å²) in [7, 11) is 0. The predicted molar refractivity (Wildman–Crippen MR) is 55.2 cm³/mol. The van der Waals surface area contributed by atoms with Gasteiger partial charge in [0.25, 0.3) is 0 Å². The van der Waals surface area contributed by atoms with Crippen molar-refractivity contribution in [1.82, 2.24) is 0 Å². The number of rotatable bonds is 3. The van der Waals surface area contributed by atoms with E-state index in [2.05, 4.69) is 0 Å². The number of Topliss-reactive ketones (excluding diaryl/α,β-unsaturated/α-hetero) is 2. The molecule has 5 nitrogen and oxygen atoms in total. The van der Waals surface area contributed by atoms with Crippen molar-refractivity contribution in [2.45, 2.75) is 13.8 Å². The molecule has 0 heterocycles. The first kappa shape index (κ1) is 11.9. The molecule has 0 fully saturated rings. The minimum Gasteiger partial charge on any atom is -0.504 e. The highest BCUT2D eigenvalue weighted by Crippen LogP contribution is 2.35. The van der Waals surface area contributed by atoms with Gasteiger partial charge in [0.1, 0.15) is 0 Å². The zero-order valence-electron chi connectivity index (χ0n) is 8.77. The molecule has 0 amide bonds. The SMILES string of the molecule is CC(=O)c1cc(C=O)c(C(C)=O)c(O)c1O. The molecule has 0 unspecified atom stereocenters. The Morgan fingerprint density at radius 1 is 1.12 bits per heavy atom. The summed E-state index contributed by atoms with van der Waals surface area (Å²) in [5.41, 5.74) is -0.588. The number of carbonyl (C=O) groups excluding carboxylic acids is 3. The fraction of sp³-hybridized carbons (Fsp3) is 0.182. The molecule has 1 rings (SSSR count). The van der Waals surface area contributed by atoms with Crippen molar-refractivity contribution in [1.29, 1.82) is 0 Å². The minimum atomic E-state index is -0.734. The molecule has 0 spiro atoms. The lowest BCUT2D eigenvalue weighted by atomic mass is 9.98. The molecule has 0 atom stereocenters. The number of ketones is 2. The van der Waals surface area contributed by atoms with Gasteiger partial charge in [-0.15, -0.1) is 0 Å². The van der Waals surface area contributed by atoms with Gasteiger partial charge < -0.3 is 10.2 Å². The van der Waals surface area contributed by atoms with Crippen molar-refractivity contribution in [3.05, 3.63) is 22.8 Å². The lowest BCUT2D eigenvalue weighted by molar-refractivity contribution is 0.0991. The zero-order valence-corrected chi connectivity index (χ0v) is 8.77. The Morgan fingerprint density at radius 3 is 2.06 bits per heavy atom. The number of benzene rings is 1. The van der Waals surface area contributed by atoms with Crippen LogP contribution in [0, 0.1) is 0 Å². The number of hydrogen-bond acceptors (Lipinski definition) is 5. The van der Waals surface area contributed by atoms with Crippen LogP contribution in [0.15, 0.2) is 6.07 Å². The molecule has 0 aromatic heterocycles. The molecule has 0 bridgehead atoms. The smallest absolute Gasteiger partial charge is 0.169 e. The maximum absolute atomic E-state index is 11.2. The van der Waals surface area contributed by atoms with E-state index in [1.54, 1.807) is 0 Å². The van der Waals surface area contributed by atoms with Gasteiger partial charge in [-0.3, -0.25) is 14.4 Å². The van der Waals surface area contributed by atoms with Crippen LogP contribution in [-0.2, 0) is 0 Å². The average Bonchev–Trinajstić information content (AvgIpc) is 2.20. The van der Waals surface area contributed by atoms with Crippen LogP contribution in [-0.4, -0.2) is 28.1 Å². The first-order valence-electron chi connectivity index (χ1n) is 4.46. The van der Waals surface area contributed by atoms with E-state index in [-0.39, 0.29) is 16.7 Å². The average molecular weight is 222 g/mol. The highest BCUT2D eigenvalue weighted by atomic mass is 16.3. The maximum Gasteiger partial charge on any atom is 0.169 e. The molecule has 5 heteroatoms. The quantitative estimate of drug-likeness (QED) is 0.457. The van der Waals surface area contributed by atoms with E-state index >= 15 is 0 Å². The van der Waals surface area contributed by atoms with E-state index < -0.39 is 23.1 Å². The van der Waals surface area contributed by atoms with Gasteiger partial charge in [-0.05, 0) is 19.9 Å². The normalized spacial score (nSPS) is 9.88. The largest absolute Gasteiger partial charge is 0.504 e. The van der Waals surface area contributed by atoms with Gasteiger partial charge in [0.15, 0.2) is 29.4 Å². The second-order valence-corrected chi connectivity index (χ2v) is 3.32. The maximum atomic E-state index is 11.2. The monoisotopic (exact) mass is 222 g/mol. The standard InChI is InChI=1S/C11H10O5/c1-5(13)8-3-7(4-12)9(6(2)14)11(16)10(8)15/h3-4,15-16H,1-2H3. The third-order valence-corrected chi connectivity index (χ3v) is 2.16. The van der Waals surface area contributed by atoms with Gasteiger partial charge >= 0.3 is 0 Å². The van der Waals surface area contributed by atoms with Crippen molar-refractivity contribution < 1.29 is 24.6 Å². The molecule has 84 valence electrons. The zero-order chi connectivity index (χ0) is 12.5. The molecule has 0 saturated carbocycles. The molecule has 1 aromatic rings. The van der Waals surface area contributed by atoms with Gasteiger partial charge in [-0.25, -0.2) is 0 Å². The fourth-order valence-corrected chi connectivity index (χ4v) is 1.41. The predicted octanol–water partition coefficient (Wildman–Crippen LogP) is 1.32. The summed E-state index contributed by atoms with van der Waals surface area (Å²) in [4.78, 5) is 33.0. The van der Waals surface area contributed by atoms with Crippen LogP contribution in [0.3, 0.4) is 0 Å². The number of aldehydes is 1. The Bertz CT molecular complexity index is 488. The number of carbonyl (C=O) groups is 3. The molecule has 0 radical (unpaired) electrons. The third-order valence-electron chi connectivity index (χ3n) is 2.16. The van der Waals surface area contributed by atoms with Crippen LogP contribution < -0.4 is 0 Å². The van der Waals surface area contributed by atoms with E-state index in [4.69, 9.17) is 0 Å². The van der Waals surface area contributed by atoms with Crippen LogP contribution in [0.5, 0.6) is 11.5 Å². The molecular formula is C11H10O5. The van der Waals surface area contributed by atoms with E-state index in [9.17, 15) is 24.6 Å². The van der Waals surface area contributed by atoms with Crippen molar-refractivity contribution in [2.75, 3.05) is 0 Å². The van der Waals surface area contributed by atoms with Crippen LogP contribution in [0.25, 0.3) is 0 Å². The van der Waals surface area contributed by atoms with Crippen molar-refractivity contribution in [3.63, 3.8) is 0 Å². The third kappa shape index (κ3) is 1.79. The van der Waals surface area contributed by atoms with Gasteiger partial charge in [-0.1, -0.05) is 0 Å². The Hall–Kier alpha value is -2.17. The van der Waals surface area contributed by atoms with Crippen LogP contribution in [0.2, 0.25) is 0 Å². The summed E-state index contributed by atoms with van der Waals surface area (Å²) in [6, 6.07) is 1.08. The molecule has 16 heavy (non-hydrogen) atoms. The highest BCUT2D eigenvalue weighted by Gasteiger charge is 2.21. The molecule has 0 aliphatic heterocycles. The van der Waals surface area contributed by atoms with Crippen LogP contribution in [0.1, 0.15) is 44.9 Å². The second kappa shape index (κ2) is 4.14.